The minimum atomic E-state index is 0.340. The molecule has 2 unspecified atom stereocenters. The van der Waals surface area contributed by atoms with E-state index in [2.05, 4.69) is 18.3 Å². The van der Waals surface area contributed by atoms with E-state index in [-0.39, 0.29) is 0 Å². The third-order valence-electron chi connectivity index (χ3n) is 3.35. The van der Waals surface area contributed by atoms with Gasteiger partial charge in [0.25, 0.3) is 0 Å². The van der Waals surface area contributed by atoms with Crippen LogP contribution in [0.15, 0.2) is 18.2 Å². The highest BCUT2D eigenvalue weighted by Crippen LogP contribution is 2.23. The van der Waals surface area contributed by atoms with E-state index in [1.807, 2.05) is 25.1 Å². The molecular formula is C14H18N2O. The molecule has 1 aliphatic heterocycles. The Morgan fingerprint density at radius 1 is 1.53 bits per heavy atom. The van der Waals surface area contributed by atoms with Crippen LogP contribution in [0.2, 0.25) is 0 Å². The summed E-state index contributed by atoms with van der Waals surface area (Å²) >= 11 is 0. The Bertz CT molecular complexity index is 430. The van der Waals surface area contributed by atoms with Crippen molar-refractivity contribution >= 4 is 5.69 Å². The summed E-state index contributed by atoms with van der Waals surface area (Å²) < 4.78 is 5.39. The summed E-state index contributed by atoms with van der Waals surface area (Å²) in [5, 5.41) is 12.5. The van der Waals surface area contributed by atoms with Crippen molar-refractivity contribution in [1.82, 2.24) is 0 Å². The molecule has 1 aromatic carbocycles. The van der Waals surface area contributed by atoms with Gasteiger partial charge in [-0.25, -0.2) is 0 Å². The minimum Gasteiger partial charge on any atom is -0.381 e. The van der Waals surface area contributed by atoms with Crippen LogP contribution in [0.25, 0.3) is 0 Å². The number of nitrogens with zero attached hydrogens (tertiary/aromatic N) is 1. The first kappa shape index (κ1) is 11.9. The number of rotatable bonds is 3. The van der Waals surface area contributed by atoms with E-state index in [0.29, 0.717) is 12.0 Å². The van der Waals surface area contributed by atoms with E-state index < -0.39 is 0 Å². The van der Waals surface area contributed by atoms with Crippen LogP contribution in [0, 0.1) is 24.2 Å². The van der Waals surface area contributed by atoms with Crippen LogP contribution in [0.3, 0.4) is 0 Å². The first-order valence-electron chi connectivity index (χ1n) is 6.05. The number of ether oxygens (including phenoxy) is 1. The molecule has 3 nitrogen and oxygen atoms in total. The maximum absolute atomic E-state index is 9.11. The van der Waals surface area contributed by atoms with E-state index in [0.717, 1.165) is 36.4 Å². The standard InChI is InChI=1S/C14H18N2O/c1-10-3-4-14(13(7-10)8-15)16-11(2)12-5-6-17-9-12/h3-4,7,11-12,16H,5-6,9H2,1-2H3. The Balaban J connectivity index is 2.10. The second-order valence-corrected chi connectivity index (χ2v) is 4.72. The van der Waals surface area contributed by atoms with Crippen LogP contribution in [-0.2, 0) is 4.74 Å². The number of anilines is 1. The summed E-state index contributed by atoms with van der Waals surface area (Å²) in [6, 6.07) is 8.51. The van der Waals surface area contributed by atoms with E-state index >= 15 is 0 Å². The minimum absolute atomic E-state index is 0.340. The molecule has 1 fully saturated rings. The first-order chi connectivity index (χ1) is 8.20. The maximum atomic E-state index is 9.11. The number of hydrogen-bond donors (Lipinski definition) is 1. The van der Waals surface area contributed by atoms with Crippen LogP contribution < -0.4 is 5.32 Å². The molecule has 1 aliphatic rings. The first-order valence-corrected chi connectivity index (χ1v) is 6.05. The van der Waals surface area contributed by atoms with Crippen molar-refractivity contribution in [2.45, 2.75) is 26.3 Å². The van der Waals surface area contributed by atoms with E-state index in [4.69, 9.17) is 10.00 Å². The molecule has 3 heteroatoms. The molecule has 2 atom stereocenters. The summed E-state index contributed by atoms with van der Waals surface area (Å²) in [6.45, 7) is 5.83. The number of benzene rings is 1. The Labute approximate surface area is 102 Å². The van der Waals surface area contributed by atoms with Crippen LogP contribution >= 0.6 is 0 Å². The van der Waals surface area contributed by atoms with Crippen LogP contribution in [0.4, 0.5) is 5.69 Å². The molecular weight excluding hydrogens is 212 g/mol. The number of aryl methyl sites for hydroxylation is 1. The highest BCUT2D eigenvalue weighted by Gasteiger charge is 2.22. The predicted molar refractivity (Wildman–Crippen MR) is 67.9 cm³/mol. The fraction of sp³-hybridized carbons (Fsp3) is 0.500. The van der Waals surface area contributed by atoms with Gasteiger partial charge in [-0.1, -0.05) is 6.07 Å². The van der Waals surface area contributed by atoms with E-state index in [1.165, 1.54) is 0 Å². The Morgan fingerprint density at radius 3 is 3.00 bits per heavy atom. The quantitative estimate of drug-likeness (QED) is 0.868. The third-order valence-corrected chi connectivity index (χ3v) is 3.35. The van der Waals surface area contributed by atoms with E-state index in [1.54, 1.807) is 0 Å². The number of nitrogens with one attached hydrogen (secondary N) is 1. The van der Waals surface area contributed by atoms with Gasteiger partial charge in [0.15, 0.2) is 0 Å². The van der Waals surface area contributed by atoms with Gasteiger partial charge in [-0.15, -0.1) is 0 Å². The van der Waals surface area contributed by atoms with E-state index in [9.17, 15) is 0 Å². The Morgan fingerprint density at radius 2 is 2.35 bits per heavy atom. The normalized spacial score (nSPS) is 20.9. The Kier molecular flexibility index (Phi) is 3.65. The van der Waals surface area contributed by atoms with Gasteiger partial charge in [0.2, 0.25) is 0 Å². The smallest absolute Gasteiger partial charge is 0.101 e. The molecule has 0 saturated carbocycles. The molecule has 0 aromatic heterocycles. The van der Waals surface area contributed by atoms with Crippen LogP contribution in [-0.4, -0.2) is 19.3 Å². The van der Waals surface area contributed by atoms with Crippen molar-refractivity contribution < 1.29 is 4.74 Å². The fourth-order valence-electron chi connectivity index (χ4n) is 2.19. The largest absolute Gasteiger partial charge is 0.381 e. The van der Waals surface area contributed by atoms with Crippen molar-refractivity contribution in [3.8, 4) is 6.07 Å². The lowest BCUT2D eigenvalue weighted by molar-refractivity contribution is 0.183. The zero-order chi connectivity index (χ0) is 12.3. The van der Waals surface area contributed by atoms with Gasteiger partial charge in [-0.05, 0) is 38.0 Å². The predicted octanol–water partition coefficient (Wildman–Crippen LogP) is 2.70. The van der Waals surface area contributed by atoms with Gasteiger partial charge in [0.05, 0.1) is 17.9 Å². The number of hydrogen-bond acceptors (Lipinski definition) is 3. The van der Waals surface area contributed by atoms with Crippen molar-refractivity contribution in [2.24, 2.45) is 5.92 Å². The van der Waals surface area contributed by atoms with Gasteiger partial charge in [-0.3, -0.25) is 0 Å². The monoisotopic (exact) mass is 230 g/mol. The fourth-order valence-corrected chi connectivity index (χ4v) is 2.19. The molecule has 1 aromatic rings. The summed E-state index contributed by atoms with van der Waals surface area (Å²) in [7, 11) is 0. The van der Waals surface area contributed by atoms with Crippen molar-refractivity contribution in [3.63, 3.8) is 0 Å². The Hall–Kier alpha value is -1.53. The molecule has 0 aliphatic carbocycles. The molecule has 17 heavy (non-hydrogen) atoms. The molecule has 0 radical (unpaired) electrons. The van der Waals surface area contributed by atoms with Gasteiger partial charge in [-0.2, -0.15) is 5.26 Å². The summed E-state index contributed by atoms with van der Waals surface area (Å²) in [5.74, 6) is 0.544. The molecule has 1 heterocycles. The van der Waals surface area contributed by atoms with Gasteiger partial charge in [0.1, 0.15) is 6.07 Å². The molecule has 1 saturated heterocycles. The third kappa shape index (κ3) is 2.78. The summed E-state index contributed by atoms with van der Waals surface area (Å²) in [6.07, 6.45) is 1.10. The highest BCUT2D eigenvalue weighted by molar-refractivity contribution is 5.59. The van der Waals surface area contributed by atoms with Crippen LogP contribution in [0.1, 0.15) is 24.5 Å². The zero-order valence-electron chi connectivity index (χ0n) is 10.4. The van der Waals surface area contributed by atoms with Gasteiger partial charge in [0, 0.05) is 18.6 Å². The SMILES string of the molecule is Cc1ccc(NC(C)C2CCOC2)c(C#N)c1. The van der Waals surface area contributed by atoms with Crippen molar-refractivity contribution in [3.05, 3.63) is 29.3 Å². The summed E-state index contributed by atoms with van der Waals surface area (Å²) in [5.41, 5.74) is 2.76. The molecule has 0 spiro atoms. The molecule has 1 N–H and O–H groups in total. The maximum Gasteiger partial charge on any atom is 0.101 e. The molecule has 0 amide bonds. The molecule has 0 bridgehead atoms. The lowest BCUT2D eigenvalue weighted by Crippen LogP contribution is -2.26. The van der Waals surface area contributed by atoms with Crippen molar-refractivity contribution in [1.29, 1.82) is 5.26 Å². The summed E-state index contributed by atoms with van der Waals surface area (Å²) in [4.78, 5) is 0. The number of nitriles is 1. The average Bonchev–Trinajstić information content (AvgIpc) is 2.85. The lowest BCUT2D eigenvalue weighted by Gasteiger charge is -2.21. The average molecular weight is 230 g/mol. The second kappa shape index (κ2) is 5.20. The second-order valence-electron chi connectivity index (χ2n) is 4.72. The molecule has 90 valence electrons. The zero-order valence-corrected chi connectivity index (χ0v) is 10.4. The van der Waals surface area contributed by atoms with Gasteiger partial charge >= 0.3 is 0 Å². The lowest BCUT2D eigenvalue weighted by atomic mass is 10.00. The molecule has 2 rings (SSSR count). The highest BCUT2D eigenvalue weighted by atomic mass is 16.5. The topological polar surface area (TPSA) is 45.0 Å². The van der Waals surface area contributed by atoms with Crippen LogP contribution in [0.5, 0.6) is 0 Å². The van der Waals surface area contributed by atoms with Gasteiger partial charge < -0.3 is 10.1 Å². The van der Waals surface area contributed by atoms with Crippen molar-refractivity contribution in [2.75, 3.05) is 18.5 Å².